The van der Waals surface area contributed by atoms with Gasteiger partial charge in [-0.25, -0.2) is 13.2 Å². The molecule has 4 aromatic rings. The standard InChI is InChI=1S/C26H18F3N/c1-2-3-16-6-10-21-19(12-16)9-11-22(26(21)29)20-13-23(27)25(24(28)14-20)18-7-4-17(15-30)5-8-18/h4-14H,2-3H2,1H3. The van der Waals surface area contributed by atoms with Gasteiger partial charge in [0.2, 0.25) is 0 Å². The third-order valence-corrected chi connectivity index (χ3v) is 5.21. The first-order chi connectivity index (χ1) is 14.5. The van der Waals surface area contributed by atoms with Crippen LogP contribution in [-0.2, 0) is 6.42 Å². The van der Waals surface area contributed by atoms with Gasteiger partial charge in [0.25, 0.3) is 0 Å². The zero-order valence-electron chi connectivity index (χ0n) is 16.3. The van der Waals surface area contributed by atoms with Crippen molar-refractivity contribution in [3.8, 4) is 28.3 Å². The highest BCUT2D eigenvalue weighted by molar-refractivity contribution is 5.89. The van der Waals surface area contributed by atoms with Crippen LogP contribution in [-0.4, -0.2) is 0 Å². The van der Waals surface area contributed by atoms with E-state index in [1.54, 1.807) is 18.2 Å². The van der Waals surface area contributed by atoms with Crippen LogP contribution in [0.4, 0.5) is 13.2 Å². The number of nitriles is 1. The fourth-order valence-corrected chi connectivity index (χ4v) is 3.72. The third-order valence-electron chi connectivity index (χ3n) is 5.21. The first kappa shape index (κ1) is 19.7. The number of nitrogens with zero attached hydrogens (tertiary/aromatic N) is 1. The molecule has 0 saturated carbocycles. The Bertz CT molecular complexity index is 1260. The average Bonchev–Trinajstić information content (AvgIpc) is 2.74. The first-order valence-electron chi connectivity index (χ1n) is 9.73. The highest BCUT2D eigenvalue weighted by Crippen LogP contribution is 2.34. The van der Waals surface area contributed by atoms with Gasteiger partial charge < -0.3 is 0 Å². The van der Waals surface area contributed by atoms with Crippen LogP contribution in [0.5, 0.6) is 0 Å². The summed E-state index contributed by atoms with van der Waals surface area (Å²) in [6.45, 7) is 2.08. The van der Waals surface area contributed by atoms with Crippen LogP contribution in [0.15, 0.2) is 66.7 Å². The minimum atomic E-state index is -0.785. The largest absolute Gasteiger partial charge is 0.206 e. The summed E-state index contributed by atoms with van der Waals surface area (Å²) in [5.74, 6) is -2.07. The molecule has 0 aliphatic rings. The van der Waals surface area contributed by atoms with E-state index < -0.39 is 17.5 Å². The molecule has 148 valence electrons. The van der Waals surface area contributed by atoms with Gasteiger partial charge in [-0.15, -0.1) is 0 Å². The maximum Gasteiger partial charge on any atom is 0.138 e. The van der Waals surface area contributed by atoms with E-state index in [1.165, 1.54) is 24.3 Å². The molecule has 1 nitrogen and oxygen atoms in total. The van der Waals surface area contributed by atoms with Gasteiger partial charge in [-0.05, 0) is 52.8 Å². The molecule has 4 aromatic carbocycles. The van der Waals surface area contributed by atoms with Crippen LogP contribution in [0.2, 0.25) is 0 Å². The fourth-order valence-electron chi connectivity index (χ4n) is 3.72. The minimum Gasteiger partial charge on any atom is -0.206 e. The first-order valence-corrected chi connectivity index (χ1v) is 9.73. The molecule has 0 bridgehead atoms. The van der Waals surface area contributed by atoms with E-state index in [0.29, 0.717) is 16.5 Å². The normalized spacial score (nSPS) is 10.9. The number of fused-ring (bicyclic) bond motifs is 1. The molecular formula is C26H18F3N. The Labute approximate surface area is 173 Å². The summed E-state index contributed by atoms with van der Waals surface area (Å²) in [7, 11) is 0. The van der Waals surface area contributed by atoms with Crippen molar-refractivity contribution < 1.29 is 13.2 Å². The van der Waals surface area contributed by atoms with Crippen molar-refractivity contribution in [1.82, 2.24) is 0 Å². The van der Waals surface area contributed by atoms with Gasteiger partial charge in [-0.2, -0.15) is 5.26 Å². The lowest BCUT2D eigenvalue weighted by molar-refractivity contribution is 0.590. The maximum absolute atomic E-state index is 15.2. The van der Waals surface area contributed by atoms with Crippen LogP contribution < -0.4 is 0 Å². The van der Waals surface area contributed by atoms with Gasteiger partial charge in [-0.3, -0.25) is 0 Å². The molecule has 0 N–H and O–H groups in total. The van der Waals surface area contributed by atoms with Crippen molar-refractivity contribution in [3.63, 3.8) is 0 Å². The molecule has 4 heteroatoms. The molecular weight excluding hydrogens is 383 g/mol. The summed E-state index contributed by atoms with van der Waals surface area (Å²) in [5, 5.41) is 10.1. The summed E-state index contributed by atoms with van der Waals surface area (Å²) in [4.78, 5) is 0. The Kier molecular flexibility index (Phi) is 5.29. The molecule has 0 aromatic heterocycles. The predicted molar refractivity (Wildman–Crippen MR) is 113 cm³/mol. The zero-order valence-corrected chi connectivity index (χ0v) is 16.3. The van der Waals surface area contributed by atoms with E-state index in [9.17, 15) is 8.78 Å². The summed E-state index contributed by atoms with van der Waals surface area (Å²) in [5.41, 5.74) is 1.93. The Morgan fingerprint density at radius 3 is 2.13 bits per heavy atom. The van der Waals surface area contributed by atoms with Gasteiger partial charge in [-0.1, -0.05) is 55.8 Å². The van der Waals surface area contributed by atoms with Crippen molar-refractivity contribution in [1.29, 1.82) is 5.26 Å². The Balaban J connectivity index is 1.79. The molecule has 0 aliphatic heterocycles. The molecule has 0 aliphatic carbocycles. The average molecular weight is 401 g/mol. The lowest BCUT2D eigenvalue weighted by Gasteiger charge is -2.11. The number of benzene rings is 4. The van der Waals surface area contributed by atoms with E-state index in [-0.39, 0.29) is 16.7 Å². The fraction of sp³-hybridized carbons (Fsp3) is 0.115. The van der Waals surface area contributed by atoms with E-state index in [2.05, 4.69) is 6.92 Å². The monoisotopic (exact) mass is 401 g/mol. The van der Waals surface area contributed by atoms with Crippen molar-refractivity contribution in [2.75, 3.05) is 0 Å². The number of rotatable bonds is 4. The Morgan fingerprint density at radius 1 is 0.800 bits per heavy atom. The van der Waals surface area contributed by atoms with Gasteiger partial charge in [0, 0.05) is 10.9 Å². The molecule has 0 fully saturated rings. The van der Waals surface area contributed by atoms with Crippen LogP contribution in [0, 0.1) is 28.8 Å². The number of halogens is 3. The molecule has 30 heavy (non-hydrogen) atoms. The number of hydrogen-bond donors (Lipinski definition) is 0. The van der Waals surface area contributed by atoms with E-state index in [4.69, 9.17) is 5.26 Å². The molecule has 0 spiro atoms. The van der Waals surface area contributed by atoms with E-state index in [1.807, 2.05) is 18.2 Å². The second-order valence-electron chi connectivity index (χ2n) is 7.24. The topological polar surface area (TPSA) is 23.8 Å². The molecule has 0 radical (unpaired) electrons. The molecule has 0 atom stereocenters. The summed E-state index contributed by atoms with van der Waals surface area (Å²) >= 11 is 0. The van der Waals surface area contributed by atoms with E-state index in [0.717, 1.165) is 35.9 Å². The van der Waals surface area contributed by atoms with Gasteiger partial charge in [0.1, 0.15) is 17.5 Å². The lowest BCUT2D eigenvalue weighted by Crippen LogP contribution is -1.95. The molecule has 0 heterocycles. The highest BCUT2D eigenvalue weighted by Gasteiger charge is 2.17. The third kappa shape index (κ3) is 3.55. The predicted octanol–water partition coefficient (Wildman–Crippen LogP) is 7.42. The quantitative estimate of drug-likeness (QED) is 0.349. The molecule has 0 saturated heterocycles. The van der Waals surface area contributed by atoms with Crippen molar-refractivity contribution >= 4 is 10.8 Å². The van der Waals surface area contributed by atoms with E-state index >= 15 is 4.39 Å². The zero-order chi connectivity index (χ0) is 21.3. The van der Waals surface area contributed by atoms with Gasteiger partial charge in [0.05, 0.1) is 17.2 Å². The number of hydrogen-bond acceptors (Lipinski definition) is 1. The van der Waals surface area contributed by atoms with Crippen molar-refractivity contribution in [2.45, 2.75) is 19.8 Å². The Morgan fingerprint density at radius 2 is 1.50 bits per heavy atom. The van der Waals surface area contributed by atoms with Crippen molar-refractivity contribution in [2.24, 2.45) is 0 Å². The SMILES string of the molecule is CCCc1ccc2c(F)c(-c3cc(F)c(-c4ccc(C#N)cc4)c(F)c3)ccc2c1. The van der Waals surface area contributed by atoms with Crippen LogP contribution in [0.3, 0.4) is 0 Å². The summed E-state index contributed by atoms with van der Waals surface area (Å²) in [6, 6.07) is 19.1. The van der Waals surface area contributed by atoms with Crippen molar-refractivity contribution in [3.05, 3.63) is 95.3 Å². The molecule has 0 unspecified atom stereocenters. The maximum atomic E-state index is 15.2. The van der Waals surface area contributed by atoms with Crippen LogP contribution >= 0.6 is 0 Å². The highest BCUT2D eigenvalue weighted by atomic mass is 19.1. The smallest absolute Gasteiger partial charge is 0.138 e. The summed E-state index contributed by atoms with van der Waals surface area (Å²) in [6.07, 6.45) is 1.91. The Hall–Kier alpha value is -3.58. The molecule has 4 rings (SSSR count). The second kappa shape index (κ2) is 8.04. The second-order valence-corrected chi connectivity index (χ2v) is 7.24. The van der Waals surface area contributed by atoms with Crippen LogP contribution in [0.25, 0.3) is 33.0 Å². The lowest BCUT2D eigenvalue weighted by atomic mass is 9.95. The minimum absolute atomic E-state index is 0.138. The van der Waals surface area contributed by atoms with Gasteiger partial charge >= 0.3 is 0 Å². The summed E-state index contributed by atoms with van der Waals surface area (Å²) < 4.78 is 44.8. The molecule has 0 amide bonds. The van der Waals surface area contributed by atoms with Gasteiger partial charge in [0.15, 0.2) is 0 Å². The number of aryl methyl sites for hydroxylation is 1. The van der Waals surface area contributed by atoms with Crippen LogP contribution in [0.1, 0.15) is 24.5 Å².